The quantitative estimate of drug-likeness (QED) is 0.797. The van der Waals surface area contributed by atoms with Crippen molar-refractivity contribution in [2.24, 2.45) is 0 Å². The molecular formula is C11H17ClN2OS. The molecule has 16 heavy (non-hydrogen) atoms. The highest BCUT2D eigenvalue weighted by molar-refractivity contribution is 7.09. The Bertz CT molecular complexity index is 328. The van der Waals surface area contributed by atoms with Crippen LogP contribution in [0.4, 0.5) is 0 Å². The van der Waals surface area contributed by atoms with E-state index >= 15 is 0 Å². The Morgan fingerprint density at radius 3 is 2.88 bits per heavy atom. The van der Waals surface area contributed by atoms with E-state index in [4.69, 9.17) is 16.7 Å². The maximum Gasteiger partial charge on any atom is 0.107 e. The zero-order chi connectivity index (χ0) is 11.4. The average Bonchev–Trinajstić information content (AvgIpc) is 2.63. The van der Waals surface area contributed by atoms with E-state index in [9.17, 15) is 0 Å². The van der Waals surface area contributed by atoms with Crippen molar-refractivity contribution in [2.45, 2.75) is 37.7 Å². The van der Waals surface area contributed by atoms with Crippen LogP contribution >= 0.6 is 22.9 Å². The zero-order valence-electron chi connectivity index (χ0n) is 9.23. The summed E-state index contributed by atoms with van der Waals surface area (Å²) in [6.07, 6.45) is 3.83. The molecule has 1 fully saturated rings. The van der Waals surface area contributed by atoms with Crippen molar-refractivity contribution in [3.8, 4) is 0 Å². The maximum absolute atomic E-state index is 9.05. The van der Waals surface area contributed by atoms with Gasteiger partial charge in [0.2, 0.25) is 0 Å². The molecule has 5 heteroatoms. The molecule has 0 aliphatic heterocycles. The minimum atomic E-state index is 0.226. The fourth-order valence-electron chi connectivity index (χ4n) is 1.93. The second kappa shape index (κ2) is 5.96. The Morgan fingerprint density at radius 2 is 2.38 bits per heavy atom. The van der Waals surface area contributed by atoms with Crippen molar-refractivity contribution in [2.75, 3.05) is 13.2 Å². The molecule has 0 radical (unpaired) electrons. The first-order chi connectivity index (χ1) is 7.83. The van der Waals surface area contributed by atoms with Gasteiger partial charge in [-0.15, -0.1) is 22.9 Å². The fourth-order valence-corrected chi connectivity index (χ4v) is 2.97. The second-order valence-electron chi connectivity index (χ2n) is 4.15. The third-order valence-electron chi connectivity index (χ3n) is 3.05. The van der Waals surface area contributed by atoms with Crippen LogP contribution in [0.15, 0.2) is 5.38 Å². The van der Waals surface area contributed by atoms with Gasteiger partial charge in [-0.05, 0) is 12.8 Å². The van der Waals surface area contributed by atoms with Crippen molar-refractivity contribution in [1.82, 2.24) is 9.88 Å². The molecule has 0 atom stereocenters. The third-order valence-corrected chi connectivity index (χ3v) is 4.21. The minimum Gasteiger partial charge on any atom is -0.395 e. The zero-order valence-corrected chi connectivity index (χ0v) is 10.8. The summed E-state index contributed by atoms with van der Waals surface area (Å²) >= 11 is 7.39. The molecule has 0 saturated heterocycles. The first-order valence-electron chi connectivity index (χ1n) is 5.67. The molecule has 0 bridgehead atoms. The van der Waals surface area contributed by atoms with Gasteiger partial charge in [0.1, 0.15) is 5.01 Å². The largest absolute Gasteiger partial charge is 0.395 e. The highest BCUT2D eigenvalue weighted by Gasteiger charge is 2.25. The van der Waals surface area contributed by atoms with Crippen molar-refractivity contribution in [1.29, 1.82) is 0 Å². The number of aromatic nitrogens is 1. The lowest BCUT2D eigenvalue weighted by molar-refractivity contribution is 0.0944. The number of alkyl halides is 1. The van der Waals surface area contributed by atoms with Crippen LogP contribution in [-0.2, 0) is 12.4 Å². The molecule has 0 amide bonds. The summed E-state index contributed by atoms with van der Waals surface area (Å²) in [5.41, 5.74) is 0.958. The van der Waals surface area contributed by atoms with E-state index in [2.05, 4.69) is 9.88 Å². The third kappa shape index (κ3) is 2.94. The summed E-state index contributed by atoms with van der Waals surface area (Å²) in [7, 11) is 0. The van der Waals surface area contributed by atoms with E-state index in [0.717, 1.165) is 23.8 Å². The SMILES string of the molecule is OCCN(Cc1nc(CCl)cs1)C1CCC1. The molecule has 0 spiro atoms. The van der Waals surface area contributed by atoms with Gasteiger partial charge in [0.25, 0.3) is 0 Å². The first kappa shape index (κ1) is 12.3. The molecule has 1 aromatic rings. The van der Waals surface area contributed by atoms with Gasteiger partial charge in [-0.1, -0.05) is 6.42 Å². The smallest absolute Gasteiger partial charge is 0.107 e. The van der Waals surface area contributed by atoms with Crippen LogP contribution < -0.4 is 0 Å². The Hall–Kier alpha value is -0.160. The maximum atomic E-state index is 9.05. The van der Waals surface area contributed by atoms with Crippen LogP contribution in [0, 0.1) is 0 Å². The fraction of sp³-hybridized carbons (Fsp3) is 0.727. The monoisotopic (exact) mass is 260 g/mol. The molecular weight excluding hydrogens is 244 g/mol. The number of nitrogens with zero attached hydrogens (tertiary/aromatic N) is 2. The topological polar surface area (TPSA) is 36.4 Å². The van der Waals surface area contributed by atoms with E-state index in [-0.39, 0.29) is 6.61 Å². The van der Waals surface area contributed by atoms with Crippen molar-refractivity contribution < 1.29 is 5.11 Å². The van der Waals surface area contributed by atoms with E-state index in [0.29, 0.717) is 11.9 Å². The van der Waals surface area contributed by atoms with Gasteiger partial charge >= 0.3 is 0 Å². The predicted octanol–water partition coefficient (Wildman–Crippen LogP) is 2.23. The Morgan fingerprint density at radius 1 is 1.56 bits per heavy atom. The Kier molecular flexibility index (Phi) is 4.58. The number of aliphatic hydroxyl groups excluding tert-OH is 1. The molecule has 1 aromatic heterocycles. The number of hydrogen-bond acceptors (Lipinski definition) is 4. The Labute approximate surface area is 105 Å². The van der Waals surface area contributed by atoms with Crippen LogP contribution in [0.5, 0.6) is 0 Å². The molecule has 1 N–H and O–H groups in total. The van der Waals surface area contributed by atoms with Gasteiger partial charge in [-0.2, -0.15) is 0 Å². The van der Waals surface area contributed by atoms with Crippen LogP contribution in [-0.4, -0.2) is 34.2 Å². The lowest BCUT2D eigenvalue weighted by atomic mass is 9.91. The van der Waals surface area contributed by atoms with E-state index in [1.807, 2.05) is 5.38 Å². The van der Waals surface area contributed by atoms with Crippen LogP contribution in [0.2, 0.25) is 0 Å². The van der Waals surface area contributed by atoms with Crippen molar-refractivity contribution in [3.05, 3.63) is 16.1 Å². The minimum absolute atomic E-state index is 0.226. The van der Waals surface area contributed by atoms with E-state index in [1.54, 1.807) is 11.3 Å². The van der Waals surface area contributed by atoms with Gasteiger partial charge in [0.15, 0.2) is 0 Å². The second-order valence-corrected chi connectivity index (χ2v) is 5.35. The van der Waals surface area contributed by atoms with Crippen molar-refractivity contribution >= 4 is 22.9 Å². The van der Waals surface area contributed by atoms with Gasteiger partial charge in [0, 0.05) is 18.0 Å². The lowest BCUT2D eigenvalue weighted by Crippen LogP contribution is -2.41. The van der Waals surface area contributed by atoms with E-state index in [1.165, 1.54) is 19.3 Å². The van der Waals surface area contributed by atoms with Crippen LogP contribution in [0.25, 0.3) is 0 Å². The number of thiazole rings is 1. The molecule has 90 valence electrons. The standard InChI is InChI=1S/C11H17ClN2OS/c12-6-9-8-16-11(13-9)7-14(4-5-15)10-2-1-3-10/h8,10,15H,1-7H2. The molecule has 1 aliphatic rings. The molecule has 0 unspecified atom stereocenters. The summed E-state index contributed by atoms with van der Waals surface area (Å²) < 4.78 is 0. The van der Waals surface area contributed by atoms with Crippen LogP contribution in [0.3, 0.4) is 0 Å². The molecule has 0 aromatic carbocycles. The Balaban J connectivity index is 1.93. The number of aliphatic hydroxyl groups is 1. The van der Waals surface area contributed by atoms with E-state index < -0.39 is 0 Å². The van der Waals surface area contributed by atoms with Gasteiger partial charge in [-0.25, -0.2) is 4.98 Å². The number of halogens is 1. The molecule has 3 nitrogen and oxygen atoms in total. The normalized spacial score (nSPS) is 16.7. The molecule has 1 heterocycles. The van der Waals surface area contributed by atoms with Gasteiger partial charge in [0.05, 0.1) is 24.7 Å². The van der Waals surface area contributed by atoms with Gasteiger partial charge in [-0.3, -0.25) is 4.90 Å². The molecule has 1 aliphatic carbocycles. The molecule has 1 saturated carbocycles. The van der Waals surface area contributed by atoms with Gasteiger partial charge < -0.3 is 5.11 Å². The number of rotatable bonds is 6. The highest BCUT2D eigenvalue weighted by atomic mass is 35.5. The summed E-state index contributed by atoms with van der Waals surface area (Å²) in [4.78, 5) is 6.79. The first-order valence-corrected chi connectivity index (χ1v) is 7.09. The summed E-state index contributed by atoms with van der Waals surface area (Å²) in [5.74, 6) is 0.486. The highest BCUT2D eigenvalue weighted by Crippen LogP contribution is 2.26. The molecule has 2 rings (SSSR count). The summed E-state index contributed by atoms with van der Waals surface area (Å²) in [6.45, 7) is 1.83. The average molecular weight is 261 g/mol. The summed E-state index contributed by atoms with van der Waals surface area (Å²) in [6, 6.07) is 0.649. The predicted molar refractivity (Wildman–Crippen MR) is 66.8 cm³/mol. The van der Waals surface area contributed by atoms with Crippen molar-refractivity contribution in [3.63, 3.8) is 0 Å². The summed E-state index contributed by atoms with van der Waals surface area (Å²) in [5, 5.41) is 12.2. The number of hydrogen-bond donors (Lipinski definition) is 1. The van der Waals surface area contributed by atoms with Crippen LogP contribution in [0.1, 0.15) is 30.0 Å². The lowest BCUT2D eigenvalue weighted by Gasteiger charge is -2.36.